The van der Waals surface area contributed by atoms with Crippen molar-refractivity contribution in [2.24, 2.45) is 4.99 Å². The van der Waals surface area contributed by atoms with Crippen LogP contribution in [0.15, 0.2) is 83.9 Å². The predicted octanol–water partition coefficient (Wildman–Crippen LogP) is 5.43. The maximum atomic E-state index is 8.41. The van der Waals surface area contributed by atoms with E-state index < -0.39 is 0 Å². The molecule has 6 heteroatoms. The van der Waals surface area contributed by atoms with Crippen molar-refractivity contribution in [3.63, 3.8) is 0 Å². The quantitative estimate of drug-likeness (QED) is 0.463. The number of hydrogen-bond acceptors (Lipinski definition) is 5. The minimum atomic E-state index is 0.477. The lowest BCUT2D eigenvalue weighted by Crippen LogP contribution is -2.34. The monoisotopic (exact) mass is 383 g/mol. The molecule has 0 aliphatic carbocycles. The van der Waals surface area contributed by atoms with Crippen LogP contribution in [0.4, 0.5) is 11.4 Å². The highest BCUT2D eigenvalue weighted by molar-refractivity contribution is 8.15. The van der Waals surface area contributed by atoms with Crippen LogP contribution in [0.2, 0.25) is 0 Å². The molecule has 136 valence electrons. The van der Waals surface area contributed by atoms with Gasteiger partial charge in [-0.1, -0.05) is 66.4 Å². The maximum absolute atomic E-state index is 8.41. The number of pyridine rings is 1. The number of thioether (sulfide) groups is 1. The number of amidine groups is 2. The second kappa shape index (κ2) is 6.98. The first-order valence-corrected chi connectivity index (χ1v) is 9.96. The Morgan fingerprint density at radius 2 is 1.46 bits per heavy atom. The van der Waals surface area contributed by atoms with Crippen LogP contribution < -0.4 is 5.43 Å². The predicted molar refractivity (Wildman–Crippen MR) is 118 cm³/mol. The molecule has 1 fully saturated rings. The summed E-state index contributed by atoms with van der Waals surface area (Å²) >= 11 is 1.56. The zero-order valence-corrected chi connectivity index (χ0v) is 15.8. The number of aromatic nitrogens is 1. The summed E-state index contributed by atoms with van der Waals surface area (Å²) in [5.41, 5.74) is 7.11. The molecule has 28 heavy (non-hydrogen) atoms. The minimum absolute atomic E-state index is 0.477. The van der Waals surface area contributed by atoms with Gasteiger partial charge in [0.25, 0.3) is 0 Å². The van der Waals surface area contributed by atoms with Crippen molar-refractivity contribution in [2.75, 3.05) is 11.2 Å². The zero-order chi connectivity index (χ0) is 18.9. The van der Waals surface area contributed by atoms with Crippen LogP contribution in [0.5, 0.6) is 0 Å². The molecule has 4 aromatic rings. The van der Waals surface area contributed by atoms with Gasteiger partial charge in [-0.05, 0) is 24.3 Å². The molecule has 2 heterocycles. The average Bonchev–Trinajstić information content (AvgIpc) is 3.08. The molecule has 1 aliphatic heterocycles. The van der Waals surface area contributed by atoms with E-state index in [-0.39, 0.29) is 0 Å². The largest absolute Gasteiger partial charge is 0.289 e. The Bertz CT molecular complexity index is 1170. The van der Waals surface area contributed by atoms with Crippen LogP contribution in [0.3, 0.4) is 0 Å². The van der Waals surface area contributed by atoms with Crippen molar-refractivity contribution >= 4 is 55.9 Å². The topological polar surface area (TPSA) is 64.4 Å². The third-order valence-electron chi connectivity index (χ3n) is 4.59. The van der Waals surface area contributed by atoms with E-state index in [0.29, 0.717) is 11.6 Å². The summed E-state index contributed by atoms with van der Waals surface area (Å²) in [5, 5.41) is 13.0. The molecule has 0 saturated carbocycles. The molecular formula is C22H17N5S. The fourth-order valence-electron chi connectivity index (χ4n) is 3.26. The standard InChI is InChI=1S/C22H17N5S/c23-20-14-28-22(24-15-8-2-1-3-9-15)27(20)26-21-16-10-4-6-12-18(16)25-19-13-7-5-11-17(19)21/h1-13,23H,14H2,(H,25,26). The average molecular weight is 383 g/mol. The summed E-state index contributed by atoms with van der Waals surface area (Å²) in [5.74, 6) is 1.06. The highest BCUT2D eigenvalue weighted by Gasteiger charge is 2.26. The Morgan fingerprint density at radius 1 is 0.857 bits per heavy atom. The summed E-state index contributed by atoms with van der Waals surface area (Å²) in [6.07, 6.45) is 0. The van der Waals surface area contributed by atoms with E-state index in [1.54, 1.807) is 16.8 Å². The van der Waals surface area contributed by atoms with Gasteiger partial charge < -0.3 is 0 Å². The lowest BCUT2D eigenvalue weighted by molar-refractivity contribution is 0.749. The normalized spacial score (nSPS) is 15.6. The van der Waals surface area contributed by atoms with Gasteiger partial charge in [0.05, 0.1) is 28.2 Å². The fraction of sp³-hybridized carbons (Fsp3) is 0.0455. The number of rotatable bonds is 3. The van der Waals surface area contributed by atoms with Crippen molar-refractivity contribution in [1.82, 2.24) is 9.99 Å². The van der Waals surface area contributed by atoms with Gasteiger partial charge in [-0.3, -0.25) is 10.8 Å². The summed E-state index contributed by atoms with van der Waals surface area (Å²) in [4.78, 5) is 9.50. The summed E-state index contributed by atoms with van der Waals surface area (Å²) in [6.45, 7) is 0. The van der Waals surface area contributed by atoms with Gasteiger partial charge in [-0.2, -0.15) is 0 Å². The van der Waals surface area contributed by atoms with Crippen LogP contribution >= 0.6 is 11.8 Å². The number of anilines is 1. The van der Waals surface area contributed by atoms with Crippen LogP contribution in [0.25, 0.3) is 21.8 Å². The number of benzene rings is 3. The van der Waals surface area contributed by atoms with Crippen LogP contribution in [-0.2, 0) is 0 Å². The molecule has 1 aliphatic rings. The fourth-order valence-corrected chi connectivity index (χ4v) is 4.11. The van der Waals surface area contributed by atoms with E-state index in [1.807, 2.05) is 66.7 Å². The molecule has 5 nitrogen and oxygen atoms in total. The molecule has 0 atom stereocenters. The first-order valence-electron chi connectivity index (χ1n) is 8.98. The van der Waals surface area contributed by atoms with Gasteiger partial charge in [-0.25, -0.2) is 15.0 Å². The summed E-state index contributed by atoms with van der Waals surface area (Å²) in [7, 11) is 0. The maximum Gasteiger partial charge on any atom is 0.189 e. The van der Waals surface area contributed by atoms with E-state index in [2.05, 4.69) is 17.6 Å². The first-order chi connectivity index (χ1) is 13.8. The molecule has 3 aromatic carbocycles. The van der Waals surface area contributed by atoms with Gasteiger partial charge in [0, 0.05) is 10.8 Å². The van der Waals surface area contributed by atoms with Crippen LogP contribution in [0.1, 0.15) is 0 Å². The lowest BCUT2D eigenvalue weighted by atomic mass is 10.1. The Kier molecular flexibility index (Phi) is 4.18. The number of fused-ring (bicyclic) bond motifs is 2. The molecule has 2 N–H and O–H groups in total. The third kappa shape index (κ3) is 2.97. The number of hydrogen-bond donors (Lipinski definition) is 2. The lowest BCUT2D eigenvalue weighted by Gasteiger charge is -2.22. The Balaban J connectivity index is 1.63. The Labute approximate surface area is 166 Å². The Hall–Kier alpha value is -3.38. The van der Waals surface area contributed by atoms with Gasteiger partial charge in [0.15, 0.2) is 5.17 Å². The molecule has 0 amide bonds. The number of aliphatic imine (C=N–C) groups is 1. The molecule has 0 unspecified atom stereocenters. The van der Waals surface area contributed by atoms with E-state index in [1.165, 1.54) is 0 Å². The summed E-state index contributed by atoms with van der Waals surface area (Å²) in [6, 6.07) is 25.9. The minimum Gasteiger partial charge on any atom is -0.289 e. The molecule has 0 bridgehead atoms. The number of nitrogens with one attached hydrogen (secondary N) is 2. The van der Waals surface area contributed by atoms with E-state index in [0.717, 1.165) is 38.3 Å². The number of nitrogens with zero attached hydrogens (tertiary/aromatic N) is 3. The van der Waals surface area contributed by atoms with E-state index in [9.17, 15) is 0 Å². The van der Waals surface area contributed by atoms with E-state index >= 15 is 0 Å². The van der Waals surface area contributed by atoms with Gasteiger partial charge in [-0.15, -0.1) is 0 Å². The second-order valence-corrected chi connectivity index (χ2v) is 7.38. The number of hydrazine groups is 1. The van der Waals surface area contributed by atoms with Crippen LogP contribution in [0, 0.1) is 5.41 Å². The SMILES string of the molecule is N=C1CSC(=Nc2ccccc2)N1Nc1c2ccccc2nc2ccccc12. The molecule has 5 rings (SSSR count). The third-order valence-corrected chi connectivity index (χ3v) is 5.54. The zero-order valence-electron chi connectivity index (χ0n) is 15.0. The smallest absolute Gasteiger partial charge is 0.189 e. The molecule has 0 spiro atoms. The van der Waals surface area contributed by atoms with Crippen molar-refractivity contribution < 1.29 is 0 Å². The van der Waals surface area contributed by atoms with Crippen molar-refractivity contribution in [3.8, 4) is 0 Å². The second-order valence-electron chi connectivity index (χ2n) is 6.43. The van der Waals surface area contributed by atoms with Gasteiger partial charge in [0.2, 0.25) is 0 Å². The van der Waals surface area contributed by atoms with Crippen LogP contribution in [-0.4, -0.2) is 26.7 Å². The van der Waals surface area contributed by atoms with Crippen molar-refractivity contribution in [1.29, 1.82) is 5.41 Å². The molecule has 1 aromatic heterocycles. The molecule has 0 radical (unpaired) electrons. The van der Waals surface area contributed by atoms with E-state index in [4.69, 9.17) is 15.4 Å². The molecular weight excluding hydrogens is 366 g/mol. The molecule has 1 saturated heterocycles. The highest BCUT2D eigenvalue weighted by Crippen LogP contribution is 2.33. The Morgan fingerprint density at radius 3 is 2.14 bits per heavy atom. The van der Waals surface area contributed by atoms with Crippen molar-refractivity contribution in [2.45, 2.75) is 0 Å². The number of para-hydroxylation sites is 3. The first kappa shape index (κ1) is 16.8. The summed E-state index contributed by atoms with van der Waals surface area (Å²) < 4.78 is 0. The van der Waals surface area contributed by atoms with Gasteiger partial charge >= 0.3 is 0 Å². The van der Waals surface area contributed by atoms with Gasteiger partial charge in [0.1, 0.15) is 5.84 Å². The van der Waals surface area contributed by atoms with Crippen molar-refractivity contribution in [3.05, 3.63) is 78.9 Å². The highest BCUT2D eigenvalue weighted by atomic mass is 32.2.